The molecule has 158 valence electrons. The SMILES string of the molecule is CC(C)n1nccc1NC(=O)COC(=O)c1cn(-c2ccccc2)nc1-c1cccs1. The molecule has 9 heteroatoms. The molecule has 0 saturated carbocycles. The molecule has 0 aliphatic rings. The number of benzene rings is 1. The molecule has 3 heterocycles. The second-order valence-corrected chi connectivity index (χ2v) is 7.98. The highest BCUT2D eigenvalue weighted by Gasteiger charge is 2.21. The van der Waals surface area contributed by atoms with E-state index in [1.54, 1.807) is 27.8 Å². The number of rotatable bonds is 7. The summed E-state index contributed by atoms with van der Waals surface area (Å²) in [7, 11) is 0. The number of thiophene rings is 1. The summed E-state index contributed by atoms with van der Waals surface area (Å²) in [5, 5.41) is 13.4. The van der Waals surface area contributed by atoms with Gasteiger partial charge in [0.2, 0.25) is 0 Å². The summed E-state index contributed by atoms with van der Waals surface area (Å²) in [5.41, 5.74) is 1.63. The summed E-state index contributed by atoms with van der Waals surface area (Å²) < 4.78 is 8.61. The van der Waals surface area contributed by atoms with Crippen LogP contribution in [0.2, 0.25) is 0 Å². The number of nitrogens with one attached hydrogen (secondary N) is 1. The van der Waals surface area contributed by atoms with Crippen LogP contribution in [0.15, 0.2) is 66.3 Å². The van der Waals surface area contributed by atoms with Gasteiger partial charge in [-0.25, -0.2) is 14.2 Å². The summed E-state index contributed by atoms with van der Waals surface area (Å²) in [6.07, 6.45) is 3.23. The van der Waals surface area contributed by atoms with Gasteiger partial charge >= 0.3 is 5.97 Å². The van der Waals surface area contributed by atoms with Crippen molar-refractivity contribution in [1.82, 2.24) is 19.6 Å². The van der Waals surface area contributed by atoms with Gasteiger partial charge in [-0.1, -0.05) is 24.3 Å². The van der Waals surface area contributed by atoms with E-state index in [1.165, 1.54) is 11.3 Å². The Balaban J connectivity index is 1.50. The van der Waals surface area contributed by atoms with Crippen molar-refractivity contribution in [2.24, 2.45) is 0 Å². The number of hydrogen-bond donors (Lipinski definition) is 1. The first-order chi connectivity index (χ1) is 15.0. The zero-order valence-corrected chi connectivity index (χ0v) is 17.9. The van der Waals surface area contributed by atoms with Crippen molar-refractivity contribution in [3.05, 3.63) is 71.9 Å². The Hall–Kier alpha value is -3.72. The molecular formula is C22H21N5O3S. The lowest BCUT2D eigenvalue weighted by Crippen LogP contribution is -2.23. The topological polar surface area (TPSA) is 91.0 Å². The number of aromatic nitrogens is 4. The third kappa shape index (κ3) is 4.56. The van der Waals surface area contributed by atoms with Gasteiger partial charge in [-0.2, -0.15) is 10.2 Å². The fourth-order valence-electron chi connectivity index (χ4n) is 3.04. The molecule has 3 aromatic heterocycles. The number of nitrogens with zero attached hydrogens (tertiary/aromatic N) is 4. The highest BCUT2D eigenvalue weighted by Crippen LogP contribution is 2.28. The lowest BCUT2D eigenvalue weighted by Gasteiger charge is -2.11. The van der Waals surface area contributed by atoms with E-state index in [9.17, 15) is 9.59 Å². The molecule has 0 spiro atoms. The Morgan fingerprint density at radius 3 is 2.65 bits per heavy atom. The van der Waals surface area contributed by atoms with Gasteiger partial charge in [-0.3, -0.25) is 4.79 Å². The van der Waals surface area contributed by atoms with Crippen molar-refractivity contribution < 1.29 is 14.3 Å². The van der Waals surface area contributed by atoms with Crippen molar-refractivity contribution >= 4 is 29.0 Å². The molecule has 4 aromatic rings. The molecule has 1 N–H and O–H groups in total. The molecule has 4 rings (SSSR count). The Bertz CT molecular complexity index is 1180. The second kappa shape index (κ2) is 8.97. The van der Waals surface area contributed by atoms with E-state index in [1.807, 2.05) is 61.7 Å². The summed E-state index contributed by atoms with van der Waals surface area (Å²) in [6, 6.07) is 15.0. The van der Waals surface area contributed by atoms with E-state index < -0.39 is 18.5 Å². The number of para-hydroxylation sites is 1. The van der Waals surface area contributed by atoms with Crippen LogP contribution in [0, 0.1) is 0 Å². The number of ether oxygens (including phenoxy) is 1. The van der Waals surface area contributed by atoms with Crippen molar-refractivity contribution in [1.29, 1.82) is 0 Å². The first-order valence-corrected chi connectivity index (χ1v) is 10.6. The first-order valence-electron chi connectivity index (χ1n) is 9.72. The molecule has 0 aliphatic carbocycles. The molecular weight excluding hydrogens is 414 g/mol. The Morgan fingerprint density at radius 2 is 1.94 bits per heavy atom. The van der Waals surface area contributed by atoms with Crippen LogP contribution in [0.5, 0.6) is 0 Å². The molecule has 0 fully saturated rings. The van der Waals surface area contributed by atoms with Crippen LogP contribution >= 0.6 is 11.3 Å². The number of anilines is 1. The first kappa shape index (κ1) is 20.5. The molecule has 0 saturated heterocycles. The van der Waals surface area contributed by atoms with E-state index >= 15 is 0 Å². The maximum atomic E-state index is 12.8. The molecule has 0 atom stereocenters. The molecule has 1 aromatic carbocycles. The minimum atomic E-state index is -0.613. The molecule has 8 nitrogen and oxygen atoms in total. The summed E-state index contributed by atoms with van der Waals surface area (Å²) in [6.45, 7) is 3.50. The number of carbonyl (C=O) groups excluding carboxylic acids is 2. The fourth-order valence-corrected chi connectivity index (χ4v) is 3.77. The average Bonchev–Trinajstić information content (AvgIpc) is 3.52. The van der Waals surface area contributed by atoms with Crippen LogP contribution in [0.1, 0.15) is 30.2 Å². The number of amides is 1. The monoisotopic (exact) mass is 435 g/mol. The fraction of sp³-hybridized carbons (Fsp3) is 0.182. The minimum Gasteiger partial charge on any atom is -0.452 e. The van der Waals surface area contributed by atoms with Crippen molar-refractivity contribution in [3.63, 3.8) is 0 Å². The lowest BCUT2D eigenvalue weighted by atomic mass is 10.2. The zero-order chi connectivity index (χ0) is 21.8. The van der Waals surface area contributed by atoms with Gasteiger partial charge in [0.15, 0.2) is 6.61 Å². The maximum Gasteiger partial charge on any atom is 0.342 e. The predicted molar refractivity (Wildman–Crippen MR) is 118 cm³/mol. The van der Waals surface area contributed by atoms with Crippen molar-refractivity contribution in [2.75, 3.05) is 11.9 Å². The smallest absolute Gasteiger partial charge is 0.342 e. The Kier molecular flexibility index (Phi) is 5.94. The average molecular weight is 436 g/mol. The van der Waals surface area contributed by atoms with Crippen LogP contribution in [-0.2, 0) is 9.53 Å². The maximum absolute atomic E-state index is 12.8. The largest absolute Gasteiger partial charge is 0.452 e. The minimum absolute atomic E-state index is 0.0880. The molecule has 0 unspecified atom stereocenters. The van der Waals surface area contributed by atoms with Gasteiger partial charge in [0.1, 0.15) is 17.1 Å². The lowest BCUT2D eigenvalue weighted by molar-refractivity contribution is -0.119. The van der Waals surface area contributed by atoms with Gasteiger partial charge in [0.25, 0.3) is 5.91 Å². The van der Waals surface area contributed by atoms with Gasteiger partial charge in [0.05, 0.1) is 16.8 Å². The molecule has 1 amide bonds. The van der Waals surface area contributed by atoms with E-state index in [-0.39, 0.29) is 6.04 Å². The number of esters is 1. The number of carbonyl (C=O) groups is 2. The van der Waals surface area contributed by atoms with Gasteiger partial charge in [0, 0.05) is 18.3 Å². The molecule has 31 heavy (non-hydrogen) atoms. The second-order valence-electron chi connectivity index (χ2n) is 7.03. The Labute approximate surface area is 183 Å². The summed E-state index contributed by atoms with van der Waals surface area (Å²) in [5.74, 6) is -0.505. The highest BCUT2D eigenvalue weighted by molar-refractivity contribution is 7.13. The van der Waals surface area contributed by atoms with Crippen LogP contribution in [0.3, 0.4) is 0 Å². The Morgan fingerprint density at radius 1 is 1.13 bits per heavy atom. The third-order valence-electron chi connectivity index (χ3n) is 4.47. The van der Waals surface area contributed by atoms with E-state index in [0.29, 0.717) is 17.1 Å². The quantitative estimate of drug-likeness (QED) is 0.440. The van der Waals surface area contributed by atoms with Crippen LogP contribution in [0.4, 0.5) is 5.82 Å². The summed E-state index contributed by atoms with van der Waals surface area (Å²) in [4.78, 5) is 26.0. The van der Waals surface area contributed by atoms with Crippen LogP contribution in [0.25, 0.3) is 16.3 Å². The van der Waals surface area contributed by atoms with Gasteiger partial charge in [-0.05, 0) is 37.4 Å². The zero-order valence-electron chi connectivity index (χ0n) is 17.1. The van der Waals surface area contributed by atoms with Crippen molar-refractivity contribution in [3.8, 4) is 16.3 Å². The van der Waals surface area contributed by atoms with Crippen LogP contribution in [-0.4, -0.2) is 38.0 Å². The van der Waals surface area contributed by atoms with Gasteiger partial charge < -0.3 is 10.1 Å². The van der Waals surface area contributed by atoms with E-state index in [0.717, 1.165) is 10.6 Å². The van der Waals surface area contributed by atoms with E-state index in [2.05, 4.69) is 15.5 Å². The summed E-state index contributed by atoms with van der Waals surface area (Å²) >= 11 is 1.47. The molecule has 0 bridgehead atoms. The predicted octanol–water partition coefficient (Wildman–Crippen LogP) is 4.17. The van der Waals surface area contributed by atoms with Crippen molar-refractivity contribution in [2.45, 2.75) is 19.9 Å². The highest BCUT2D eigenvalue weighted by atomic mass is 32.1. The normalized spacial score (nSPS) is 10.9. The molecule has 0 radical (unpaired) electrons. The third-order valence-corrected chi connectivity index (χ3v) is 5.35. The molecule has 0 aliphatic heterocycles. The standard InChI is InChI=1S/C22H21N5O3S/c1-15(2)27-19(10-11-23-27)24-20(28)14-30-22(29)17-13-26(16-7-4-3-5-8-16)25-21(17)18-9-6-12-31-18/h3-13,15H,14H2,1-2H3,(H,24,28). The van der Waals surface area contributed by atoms with Gasteiger partial charge in [-0.15, -0.1) is 11.3 Å². The van der Waals surface area contributed by atoms with Crippen LogP contribution < -0.4 is 5.32 Å². The van der Waals surface area contributed by atoms with E-state index in [4.69, 9.17) is 4.74 Å². The number of hydrogen-bond acceptors (Lipinski definition) is 6.